The van der Waals surface area contributed by atoms with Gasteiger partial charge in [-0.1, -0.05) is 97.1 Å². The summed E-state index contributed by atoms with van der Waals surface area (Å²) in [6, 6.07) is 28.4. The van der Waals surface area contributed by atoms with Crippen LogP contribution < -0.4 is 0 Å². The molecule has 252 valence electrons. The van der Waals surface area contributed by atoms with Gasteiger partial charge in [-0.05, 0) is 11.1 Å². The summed E-state index contributed by atoms with van der Waals surface area (Å²) in [4.78, 5) is 0. The predicted octanol–water partition coefficient (Wildman–Crippen LogP) is 3.02. The standard InChI is InChI=1S/C36H42O11/c1-2-18-40-32-29(39)36(45-27-22-43-34(46-31(27)32)25-16-10-5-11-17-25)47-30-26(19-37)44-35(42-21-24-14-8-4-9-15-24)28(38)33(30)41-20-23-12-6-3-7-13-23/h2-17,26-39H,1,18-22H2/t26-,27-,28-,29-,30-,31+,32-,33-,34+,35-,36+/m1/s1. The minimum atomic E-state index is -1.33. The number of fused-ring (bicyclic) bond motifs is 1. The van der Waals surface area contributed by atoms with Crippen molar-refractivity contribution in [2.24, 2.45) is 0 Å². The van der Waals surface area contributed by atoms with E-state index in [2.05, 4.69) is 6.58 Å². The molecule has 6 rings (SSSR count). The lowest BCUT2D eigenvalue weighted by Crippen LogP contribution is -2.66. The number of benzene rings is 3. The highest BCUT2D eigenvalue weighted by atomic mass is 16.8. The van der Waals surface area contributed by atoms with E-state index in [1.807, 2.05) is 91.0 Å². The number of hydrogen-bond donors (Lipinski definition) is 3. The highest BCUT2D eigenvalue weighted by Crippen LogP contribution is 2.37. The molecule has 3 N–H and O–H groups in total. The van der Waals surface area contributed by atoms with Crippen molar-refractivity contribution in [3.63, 3.8) is 0 Å². The van der Waals surface area contributed by atoms with Gasteiger partial charge in [0, 0.05) is 5.56 Å². The molecule has 11 atom stereocenters. The molecule has 47 heavy (non-hydrogen) atoms. The fourth-order valence-corrected chi connectivity index (χ4v) is 6.03. The summed E-state index contributed by atoms with van der Waals surface area (Å²) in [7, 11) is 0. The smallest absolute Gasteiger partial charge is 0.187 e. The van der Waals surface area contributed by atoms with Crippen molar-refractivity contribution in [3.8, 4) is 0 Å². The van der Waals surface area contributed by atoms with Crippen LogP contribution in [0, 0.1) is 0 Å². The summed E-state index contributed by atoms with van der Waals surface area (Å²) in [5, 5.41) is 33.6. The molecule has 0 amide bonds. The first kappa shape index (κ1) is 33.8. The maximum Gasteiger partial charge on any atom is 0.187 e. The summed E-state index contributed by atoms with van der Waals surface area (Å²) in [6.45, 7) is 3.84. The minimum Gasteiger partial charge on any atom is -0.394 e. The van der Waals surface area contributed by atoms with Crippen molar-refractivity contribution in [2.45, 2.75) is 80.9 Å². The first-order valence-electron chi connectivity index (χ1n) is 15.8. The molecule has 0 aliphatic carbocycles. The third-order valence-corrected chi connectivity index (χ3v) is 8.41. The molecule has 0 unspecified atom stereocenters. The van der Waals surface area contributed by atoms with Crippen molar-refractivity contribution in [3.05, 3.63) is 120 Å². The molecule has 3 aromatic rings. The second-order valence-corrected chi connectivity index (χ2v) is 11.7. The van der Waals surface area contributed by atoms with Gasteiger partial charge in [-0.2, -0.15) is 0 Å². The molecule has 3 heterocycles. The van der Waals surface area contributed by atoms with E-state index in [1.54, 1.807) is 6.08 Å². The molecule has 11 heteroatoms. The third kappa shape index (κ3) is 8.16. The van der Waals surface area contributed by atoms with Crippen LogP contribution in [0.4, 0.5) is 0 Å². The Morgan fingerprint density at radius 2 is 1.32 bits per heavy atom. The van der Waals surface area contributed by atoms with E-state index in [-0.39, 0.29) is 26.4 Å². The Morgan fingerprint density at radius 1 is 0.702 bits per heavy atom. The Kier molecular flexibility index (Phi) is 11.8. The van der Waals surface area contributed by atoms with Gasteiger partial charge in [0.25, 0.3) is 0 Å². The van der Waals surface area contributed by atoms with Gasteiger partial charge in [0.2, 0.25) is 0 Å². The zero-order valence-corrected chi connectivity index (χ0v) is 25.9. The van der Waals surface area contributed by atoms with Crippen LogP contribution in [0.25, 0.3) is 0 Å². The van der Waals surface area contributed by atoms with Gasteiger partial charge in [0.15, 0.2) is 18.9 Å². The van der Waals surface area contributed by atoms with Crippen molar-refractivity contribution in [2.75, 3.05) is 19.8 Å². The van der Waals surface area contributed by atoms with Crippen LogP contribution in [-0.2, 0) is 51.1 Å². The van der Waals surface area contributed by atoms with E-state index in [1.165, 1.54) is 0 Å². The Hall–Kier alpha value is -3.04. The average molecular weight is 651 g/mol. The lowest BCUT2D eigenvalue weighted by Gasteiger charge is -2.50. The van der Waals surface area contributed by atoms with Crippen molar-refractivity contribution in [1.82, 2.24) is 0 Å². The van der Waals surface area contributed by atoms with Gasteiger partial charge in [-0.15, -0.1) is 6.58 Å². The highest BCUT2D eigenvalue weighted by Gasteiger charge is 2.54. The number of hydrogen-bond acceptors (Lipinski definition) is 11. The molecule has 0 spiro atoms. The van der Waals surface area contributed by atoms with Gasteiger partial charge < -0.3 is 53.2 Å². The molecule has 0 saturated carbocycles. The molecule has 3 aromatic carbocycles. The van der Waals surface area contributed by atoms with Crippen molar-refractivity contribution >= 4 is 0 Å². The molecule has 0 bridgehead atoms. The maximum atomic E-state index is 11.6. The Labute approximate surface area is 274 Å². The van der Waals surface area contributed by atoms with Crippen LogP contribution in [0.2, 0.25) is 0 Å². The van der Waals surface area contributed by atoms with Crippen molar-refractivity contribution in [1.29, 1.82) is 0 Å². The summed E-state index contributed by atoms with van der Waals surface area (Å²) >= 11 is 0. The monoisotopic (exact) mass is 650 g/mol. The van der Waals surface area contributed by atoms with Crippen LogP contribution in [0.3, 0.4) is 0 Å². The van der Waals surface area contributed by atoms with E-state index in [0.29, 0.717) is 0 Å². The fraction of sp³-hybridized carbons (Fsp3) is 0.444. The molecule has 3 saturated heterocycles. The molecule has 3 fully saturated rings. The zero-order chi connectivity index (χ0) is 32.6. The van der Waals surface area contributed by atoms with Crippen molar-refractivity contribution < 1.29 is 53.2 Å². The lowest BCUT2D eigenvalue weighted by molar-refractivity contribution is -0.390. The van der Waals surface area contributed by atoms with Gasteiger partial charge in [0.05, 0.1) is 33.0 Å². The first-order chi connectivity index (χ1) is 23.1. The molecule has 3 aliphatic rings. The second kappa shape index (κ2) is 16.4. The number of rotatable bonds is 13. The van der Waals surface area contributed by atoms with Crippen LogP contribution >= 0.6 is 0 Å². The Bertz CT molecular complexity index is 1360. The van der Waals surface area contributed by atoms with Gasteiger partial charge in [0.1, 0.15) is 48.8 Å². The highest BCUT2D eigenvalue weighted by molar-refractivity contribution is 5.17. The molecular weight excluding hydrogens is 608 g/mol. The SMILES string of the molecule is C=CCO[C@@H]1[C@@H](O)[C@H](O[C@H]2[C@H](OCc3ccccc3)[C@@H](O)[C@H](OCc3ccccc3)O[C@@H]2CO)O[C@@H]2CO[C@H](c3ccccc3)O[C@H]12. The van der Waals surface area contributed by atoms with Gasteiger partial charge in [-0.25, -0.2) is 0 Å². The number of aliphatic hydroxyl groups is 3. The van der Waals surface area contributed by atoms with Crippen LogP contribution in [0.5, 0.6) is 0 Å². The molecule has 0 radical (unpaired) electrons. The minimum absolute atomic E-state index is 0.137. The summed E-state index contributed by atoms with van der Waals surface area (Å²) < 4.78 is 49.2. The first-order valence-corrected chi connectivity index (χ1v) is 15.8. The normalized spacial score (nSPS) is 34.0. The van der Waals surface area contributed by atoms with Crippen LogP contribution in [0.15, 0.2) is 104 Å². The van der Waals surface area contributed by atoms with E-state index in [4.69, 9.17) is 37.9 Å². The van der Waals surface area contributed by atoms with E-state index in [0.717, 1.165) is 16.7 Å². The van der Waals surface area contributed by atoms with E-state index in [9.17, 15) is 15.3 Å². The third-order valence-electron chi connectivity index (χ3n) is 8.41. The number of aliphatic hydroxyl groups excluding tert-OH is 3. The second-order valence-electron chi connectivity index (χ2n) is 11.7. The molecule has 3 aliphatic heterocycles. The van der Waals surface area contributed by atoms with Crippen LogP contribution in [-0.4, -0.2) is 96.6 Å². The maximum absolute atomic E-state index is 11.6. The van der Waals surface area contributed by atoms with Gasteiger partial charge >= 0.3 is 0 Å². The fourth-order valence-electron chi connectivity index (χ4n) is 6.03. The Morgan fingerprint density at radius 3 is 1.96 bits per heavy atom. The van der Waals surface area contributed by atoms with Gasteiger partial charge in [-0.3, -0.25) is 0 Å². The molecule has 11 nitrogen and oxygen atoms in total. The summed E-state index contributed by atoms with van der Waals surface area (Å²) in [5.41, 5.74) is 2.57. The molecule has 0 aromatic heterocycles. The number of ether oxygens (including phenoxy) is 8. The lowest BCUT2D eigenvalue weighted by atomic mass is 9.95. The molecular formula is C36H42O11. The van der Waals surface area contributed by atoms with E-state index >= 15 is 0 Å². The topological polar surface area (TPSA) is 135 Å². The Balaban J connectivity index is 1.21. The average Bonchev–Trinajstić information content (AvgIpc) is 3.12. The summed E-state index contributed by atoms with van der Waals surface area (Å²) in [5.74, 6) is 0. The predicted molar refractivity (Wildman–Crippen MR) is 167 cm³/mol. The van der Waals surface area contributed by atoms with Crippen LogP contribution in [0.1, 0.15) is 23.0 Å². The largest absolute Gasteiger partial charge is 0.394 e. The zero-order valence-electron chi connectivity index (χ0n) is 25.9. The quantitative estimate of drug-likeness (QED) is 0.236. The van der Waals surface area contributed by atoms with E-state index < -0.39 is 74.3 Å². The summed E-state index contributed by atoms with van der Waals surface area (Å²) in [6.07, 6.45) is -9.48.